The van der Waals surface area contributed by atoms with Gasteiger partial charge in [0.25, 0.3) is 5.91 Å². The van der Waals surface area contributed by atoms with E-state index in [2.05, 4.69) is 10.6 Å². The van der Waals surface area contributed by atoms with Gasteiger partial charge in [-0.1, -0.05) is 12.1 Å². The fourth-order valence-electron chi connectivity index (χ4n) is 1.45. The van der Waals surface area contributed by atoms with Gasteiger partial charge in [0.1, 0.15) is 6.04 Å². The van der Waals surface area contributed by atoms with E-state index >= 15 is 0 Å². The molecule has 0 radical (unpaired) electrons. The third-order valence-corrected chi connectivity index (χ3v) is 2.97. The molecule has 1 aromatic carbocycles. The molecule has 0 spiro atoms. The minimum atomic E-state index is -0.548. The molecule has 2 rings (SSSR count). The molecule has 1 aliphatic rings. The lowest BCUT2D eigenvalue weighted by atomic mass is 10.1. The van der Waals surface area contributed by atoms with E-state index in [1.165, 1.54) is 0 Å². The number of thioether (sulfide) groups is 1. The first kappa shape index (κ1) is 10.0. The van der Waals surface area contributed by atoms with Crippen LogP contribution in [0.3, 0.4) is 0 Å². The van der Waals surface area contributed by atoms with E-state index in [0.717, 1.165) is 10.5 Å². The molecular formula is C10H10N2O2S. The van der Waals surface area contributed by atoms with Gasteiger partial charge in [0.05, 0.1) is 0 Å². The summed E-state index contributed by atoms with van der Waals surface area (Å²) in [6.45, 7) is 0. The highest BCUT2D eigenvalue weighted by Gasteiger charge is 2.30. The number of carbonyl (C=O) groups is 2. The number of carbonyl (C=O) groups excluding carboxylic acids is 2. The Morgan fingerprint density at radius 2 is 1.87 bits per heavy atom. The standard InChI is InChI=1S/C10H10N2O2S/c1-15-7-4-2-6(3-5-7)8-9(13)12-10(14)11-8/h2-5,8H,1H3,(H2,11,12,13,14). The van der Waals surface area contributed by atoms with Gasteiger partial charge < -0.3 is 5.32 Å². The van der Waals surface area contributed by atoms with Crippen LogP contribution >= 0.6 is 11.8 Å². The molecule has 1 aromatic rings. The maximum Gasteiger partial charge on any atom is 0.322 e. The lowest BCUT2D eigenvalue weighted by Crippen LogP contribution is -2.22. The second-order valence-corrected chi connectivity index (χ2v) is 4.05. The van der Waals surface area contributed by atoms with Crippen molar-refractivity contribution in [2.24, 2.45) is 0 Å². The maximum absolute atomic E-state index is 11.3. The number of urea groups is 1. The van der Waals surface area contributed by atoms with Gasteiger partial charge in [-0.05, 0) is 24.0 Å². The fraction of sp³-hybridized carbons (Fsp3) is 0.200. The van der Waals surface area contributed by atoms with E-state index in [4.69, 9.17) is 0 Å². The van der Waals surface area contributed by atoms with Crippen molar-refractivity contribution < 1.29 is 9.59 Å². The first-order chi connectivity index (χ1) is 7.20. The number of amides is 3. The molecule has 1 heterocycles. The Morgan fingerprint density at radius 1 is 1.20 bits per heavy atom. The van der Waals surface area contributed by atoms with Gasteiger partial charge in [0.15, 0.2) is 0 Å². The number of imide groups is 1. The van der Waals surface area contributed by atoms with Crippen LogP contribution in [0.15, 0.2) is 29.2 Å². The molecule has 15 heavy (non-hydrogen) atoms. The monoisotopic (exact) mass is 222 g/mol. The third-order valence-electron chi connectivity index (χ3n) is 2.22. The van der Waals surface area contributed by atoms with Crippen LogP contribution in [-0.2, 0) is 4.79 Å². The predicted octanol–water partition coefficient (Wildman–Crippen LogP) is 1.29. The van der Waals surface area contributed by atoms with Gasteiger partial charge in [-0.15, -0.1) is 11.8 Å². The average molecular weight is 222 g/mol. The fourth-order valence-corrected chi connectivity index (χ4v) is 1.86. The van der Waals surface area contributed by atoms with Crippen molar-refractivity contribution in [2.75, 3.05) is 6.26 Å². The van der Waals surface area contributed by atoms with Crippen LogP contribution in [0.1, 0.15) is 11.6 Å². The van der Waals surface area contributed by atoms with Crippen molar-refractivity contribution >= 4 is 23.7 Å². The average Bonchev–Trinajstić information content (AvgIpc) is 2.58. The van der Waals surface area contributed by atoms with Crippen LogP contribution in [0.4, 0.5) is 4.79 Å². The van der Waals surface area contributed by atoms with E-state index in [9.17, 15) is 9.59 Å². The summed E-state index contributed by atoms with van der Waals surface area (Å²) >= 11 is 1.63. The minimum Gasteiger partial charge on any atom is -0.322 e. The summed E-state index contributed by atoms with van der Waals surface area (Å²) in [6.07, 6.45) is 1.99. The number of hydrogen-bond acceptors (Lipinski definition) is 3. The van der Waals surface area contributed by atoms with Crippen molar-refractivity contribution in [3.8, 4) is 0 Å². The lowest BCUT2D eigenvalue weighted by molar-refractivity contribution is -0.120. The summed E-state index contributed by atoms with van der Waals surface area (Å²) in [4.78, 5) is 23.4. The predicted molar refractivity (Wildman–Crippen MR) is 57.6 cm³/mol. The Morgan fingerprint density at radius 3 is 2.33 bits per heavy atom. The number of hydrogen-bond donors (Lipinski definition) is 2. The van der Waals surface area contributed by atoms with Crippen LogP contribution in [0.2, 0.25) is 0 Å². The van der Waals surface area contributed by atoms with Gasteiger partial charge in [0.2, 0.25) is 0 Å². The summed E-state index contributed by atoms with van der Waals surface area (Å²) in [6, 6.07) is 6.58. The van der Waals surface area contributed by atoms with Gasteiger partial charge in [-0.3, -0.25) is 10.1 Å². The molecular weight excluding hydrogens is 212 g/mol. The normalized spacial score (nSPS) is 19.9. The topological polar surface area (TPSA) is 58.2 Å². The minimum absolute atomic E-state index is 0.295. The van der Waals surface area contributed by atoms with Crippen LogP contribution in [0, 0.1) is 0 Å². The molecule has 2 N–H and O–H groups in total. The molecule has 0 saturated carbocycles. The molecule has 0 aromatic heterocycles. The quantitative estimate of drug-likeness (QED) is 0.585. The molecule has 1 aliphatic heterocycles. The van der Waals surface area contributed by atoms with Crippen LogP contribution in [0.25, 0.3) is 0 Å². The van der Waals surface area contributed by atoms with Crippen molar-refractivity contribution in [1.29, 1.82) is 0 Å². The van der Waals surface area contributed by atoms with Crippen LogP contribution < -0.4 is 10.6 Å². The zero-order valence-corrected chi connectivity index (χ0v) is 8.93. The van der Waals surface area contributed by atoms with Gasteiger partial charge >= 0.3 is 6.03 Å². The van der Waals surface area contributed by atoms with Crippen molar-refractivity contribution in [2.45, 2.75) is 10.9 Å². The molecule has 3 amide bonds. The van der Waals surface area contributed by atoms with E-state index < -0.39 is 12.1 Å². The molecule has 1 unspecified atom stereocenters. The highest BCUT2D eigenvalue weighted by molar-refractivity contribution is 7.98. The summed E-state index contributed by atoms with van der Waals surface area (Å²) in [5.74, 6) is -0.295. The summed E-state index contributed by atoms with van der Waals surface area (Å²) in [5, 5.41) is 4.75. The summed E-state index contributed by atoms with van der Waals surface area (Å²) in [7, 11) is 0. The Balaban J connectivity index is 2.22. The van der Waals surface area contributed by atoms with Gasteiger partial charge in [-0.25, -0.2) is 4.79 Å². The van der Waals surface area contributed by atoms with Gasteiger partial charge in [0, 0.05) is 4.90 Å². The highest BCUT2D eigenvalue weighted by Crippen LogP contribution is 2.20. The Labute approximate surface area is 91.4 Å². The smallest absolute Gasteiger partial charge is 0.322 e. The number of benzene rings is 1. The number of rotatable bonds is 2. The number of nitrogens with one attached hydrogen (secondary N) is 2. The molecule has 1 atom stereocenters. The zero-order chi connectivity index (χ0) is 10.8. The van der Waals surface area contributed by atoms with E-state index in [1.54, 1.807) is 11.8 Å². The Hall–Kier alpha value is -1.49. The third kappa shape index (κ3) is 1.97. The Kier molecular flexibility index (Phi) is 2.64. The van der Waals surface area contributed by atoms with E-state index in [1.807, 2.05) is 30.5 Å². The second-order valence-electron chi connectivity index (χ2n) is 3.17. The molecule has 0 aliphatic carbocycles. The maximum atomic E-state index is 11.3. The molecule has 1 saturated heterocycles. The van der Waals surface area contributed by atoms with Crippen LogP contribution in [0.5, 0.6) is 0 Å². The van der Waals surface area contributed by atoms with Crippen molar-refractivity contribution in [3.05, 3.63) is 29.8 Å². The SMILES string of the molecule is CSc1ccc(C2NC(=O)NC2=O)cc1. The van der Waals surface area contributed by atoms with Crippen LogP contribution in [-0.4, -0.2) is 18.2 Å². The first-order valence-corrected chi connectivity index (χ1v) is 5.68. The summed E-state index contributed by atoms with van der Waals surface area (Å²) in [5.41, 5.74) is 0.802. The first-order valence-electron chi connectivity index (χ1n) is 4.46. The van der Waals surface area contributed by atoms with Crippen molar-refractivity contribution in [3.63, 3.8) is 0 Å². The second kappa shape index (κ2) is 3.94. The van der Waals surface area contributed by atoms with Gasteiger partial charge in [-0.2, -0.15) is 0 Å². The molecule has 1 fully saturated rings. The molecule has 5 heteroatoms. The lowest BCUT2D eigenvalue weighted by Gasteiger charge is -2.07. The molecule has 4 nitrogen and oxygen atoms in total. The zero-order valence-electron chi connectivity index (χ0n) is 8.11. The summed E-state index contributed by atoms with van der Waals surface area (Å²) < 4.78 is 0. The van der Waals surface area contributed by atoms with Crippen molar-refractivity contribution in [1.82, 2.24) is 10.6 Å². The van der Waals surface area contributed by atoms with E-state index in [0.29, 0.717) is 0 Å². The largest absolute Gasteiger partial charge is 0.322 e. The Bertz CT molecular complexity index is 402. The highest BCUT2D eigenvalue weighted by atomic mass is 32.2. The molecule has 78 valence electrons. The van der Waals surface area contributed by atoms with E-state index in [-0.39, 0.29) is 5.91 Å². The molecule has 0 bridgehead atoms.